The van der Waals surface area contributed by atoms with Gasteiger partial charge in [-0.15, -0.1) is 0 Å². The van der Waals surface area contributed by atoms with E-state index in [0.717, 1.165) is 13.0 Å². The van der Waals surface area contributed by atoms with E-state index >= 15 is 0 Å². The van der Waals surface area contributed by atoms with Gasteiger partial charge in [-0.25, -0.2) is 0 Å². The molecule has 22 heavy (non-hydrogen) atoms. The molecular formula is C18H24N2OS. The van der Waals surface area contributed by atoms with Crippen LogP contribution in [0.25, 0.3) is 0 Å². The topological polar surface area (TPSA) is 32.3 Å². The molecule has 1 saturated carbocycles. The highest BCUT2D eigenvalue weighted by Gasteiger charge is 2.50. The smallest absolute Gasteiger partial charge is 0.257 e. The molecule has 1 saturated heterocycles. The van der Waals surface area contributed by atoms with Crippen molar-refractivity contribution >= 4 is 23.2 Å². The number of hydrogen-bond donors (Lipinski definition) is 1. The lowest BCUT2D eigenvalue weighted by atomic mass is 9.65. The van der Waals surface area contributed by atoms with Crippen LogP contribution in [-0.2, 0) is 0 Å². The summed E-state index contributed by atoms with van der Waals surface area (Å²) in [5.41, 5.74) is 1.32. The third-order valence-electron chi connectivity index (χ3n) is 4.93. The van der Waals surface area contributed by atoms with Gasteiger partial charge in [-0.2, -0.15) is 0 Å². The van der Waals surface area contributed by atoms with Crippen LogP contribution in [0.3, 0.4) is 0 Å². The number of nitrogens with one attached hydrogen (secondary N) is 1. The van der Waals surface area contributed by atoms with Crippen LogP contribution in [0.4, 0.5) is 0 Å². The molecule has 2 fully saturated rings. The lowest BCUT2D eigenvalue weighted by molar-refractivity contribution is 0.0972. The van der Waals surface area contributed by atoms with Gasteiger partial charge in [0, 0.05) is 18.2 Å². The number of carbonyl (C=O) groups is 1. The highest BCUT2D eigenvalue weighted by molar-refractivity contribution is 7.80. The third kappa shape index (κ3) is 3.02. The maximum Gasteiger partial charge on any atom is 0.257 e. The molecule has 0 unspecified atom stereocenters. The van der Waals surface area contributed by atoms with Crippen LogP contribution in [0, 0.1) is 10.8 Å². The highest BCUT2D eigenvalue weighted by Crippen LogP contribution is 2.52. The molecule has 1 aliphatic carbocycles. The lowest BCUT2D eigenvalue weighted by Gasteiger charge is -2.39. The first kappa shape index (κ1) is 15.5. The number of hydrogen-bond acceptors (Lipinski definition) is 2. The number of fused-ring (bicyclic) bond motifs is 2. The van der Waals surface area contributed by atoms with Crippen LogP contribution in [0.5, 0.6) is 0 Å². The predicted molar refractivity (Wildman–Crippen MR) is 92.7 cm³/mol. The second kappa shape index (κ2) is 5.34. The average Bonchev–Trinajstić information content (AvgIpc) is 2.69. The Kier molecular flexibility index (Phi) is 3.76. The molecule has 2 aliphatic rings. The standard InChI is InChI=1S/C18H24N2OS/c1-17(2)9-14-10-18(3,11-17)12-20(14)16(22)19-15(21)13-7-5-4-6-8-13/h4-8,14H,9-12H2,1-3H3,(H,19,21,22)/t14-,18+/m1/s1. The van der Waals surface area contributed by atoms with Crippen LogP contribution in [-0.4, -0.2) is 28.5 Å². The Balaban J connectivity index is 1.70. The zero-order valence-electron chi connectivity index (χ0n) is 13.6. The molecule has 1 heterocycles. The minimum Gasteiger partial charge on any atom is -0.345 e. The van der Waals surface area contributed by atoms with Crippen LogP contribution in [0.2, 0.25) is 0 Å². The Morgan fingerprint density at radius 2 is 1.91 bits per heavy atom. The van der Waals surface area contributed by atoms with E-state index in [9.17, 15) is 4.79 Å². The van der Waals surface area contributed by atoms with Crippen molar-refractivity contribution in [3.8, 4) is 0 Å². The summed E-state index contributed by atoms with van der Waals surface area (Å²) < 4.78 is 0. The summed E-state index contributed by atoms with van der Waals surface area (Å²) >= 11 is 5.53. The fourth-order valence-electron chi connectivity index (χ4n) is 4.53. The van der Waals surface area contributed by atoms with Crippen molar-refractivity contribution in [2.45, 2.75) is 46.1 Å². The summed E-state index contributed by atoms with van der Waals surface area (Å²) in [7, 11) is 0. The molecule has 1 N–H and O–H groups in total. The SMILES string of the molecule is CC1(C)C[C@@H]2C[C@](C)(CN2C(=S)NC(=O)c2ccccc2)C1. The Morgan fingerprint density at radius 3 is 2.59 bits per heavy atom. The second-order valence-electron chi connectivity index (χ2n) is 7.97. The van der Waals surface area contributed by atoms with E-state index in [4.69, 9.17) is 12.2 Å². The summed E-state index contributed by atoms with van der Waals surface area (Å²) in [6.07, 6.45) is 3.55. The molecule has 0 spiro atoms. The van der Waals surface area contributed by atoms with E-state index in [1.54, 1.807) is 0 Å². The molecule has 1 aromatic rings. The van der Waals surface area contributed by atoms with Gasteiger partial charge >= 0.3 is 0 Å². The fourth-order valence-corrected chi connectivity index (χ4v) is 4.83. The Labute approximate surface area is 138 Å². The minimum atomic E-state index is -0.114. The molecule has 1 aromatic carbocycles. The summed E-state index contributed by atoms with van der Waals surface area (Å²) in [5.74, 6) is -0.114. The number of thiocarbonyl (C=S) groups is 1. The Bertz CT molecular complexity index is 598. The summed E-state index contributed by atoms with van der Waals surface area (Å²) in [5, 5.41) is 3.50. The number of rotatable bonds is 1. The summed E-state index contributed by atoms with van der Waals surface area (Å²) in [6.45, 7) is 7.98. The van der Waals surface area contributed by atoms with E-state index in [2.05, 4.69) is 31.0 Å². The maximum absolute atomic E-state index is 12.3. The maximum atomic E-state index is 12.3. The van der Waals surface area contributed by atoms with Crippen molar-refractivity contribution in [1.82, 2.24) is 10.2 Å². The van der Waals surface area contributed by atoms with Crippen molar-refractivity contribution in [3.05, 3.63) is 35.9 Å². The molecule has 1 aliphatic heterocycles. The molecule has 4 heteroatoms. The van der Waals surface area contributed by atoms with Crippen LogP contribution in [0.15, 0.2) is 30.3 Å². The van der Waals surface area contributed by atoms with Gasteiger partial charge in [0.25, 0.3) is 5.91 Å². The predicted octanol–water partition coefficient (Wildman–Crippen LogP) is 3.60. The molecule has 3 rings (SSSR count). The normalized spacial score (nSPS) is 29.2. The molecular weight excluding hydrogens is 292 g/mol. The van der Waals surface area contributed by atoms with Crippen molar-refractivity contribution in [3.63, 3.8) is 0 Å². The number of carbonyl (C=O) groups excluding carboxylic acids is 1. The fraction of sp³-hybridized carbons (Fsp3) is 0.556. The van der Waals surface area contributed by atoms with Crippen LogP contribution in [0.1, 0.15) is 50.4 Å². The summed E-state index contributed by atoms with van der Waals surface area (Å²) in [6, 6.07) is 9.71. The van der Waals surface area contributed by atoms with E-state index in [-0.39, 0.29) is 5.91 Å². The summed E-state index contributed by atoms with van der Waals surface area (Å²) in [4.78, 5) is 14.5. The van der Waals surface area contributed by atoms with E-state index in [0.29, 0.717) is 27.5 Å². The van der Waals surface area contributed by atoms with Gasteiger partial charge in [-0.1, -0.05) is 39.0 Å². The van der Waals surface area contributed by atoms with Gasteiger partial charge in [-0.3, -0.25) is 10.1 Å². The second-order valence-corrected chi connectivity index (χ2v) is 8.35. The Morgan fingerprint density at radius 1 is 1.23 bits per heavy atom. The van der Waals surface area contributed by atoms with Crippen molar-refractivity contribution < 1.29 is 4.79 Å². The largest absolute Gasteiger partial charge is 0.345 e. The average molecular weight is 316 g/mol. The van der Waals surface area contributed by atoms with Gasteiger partial charge in [0.05, 0.1) is 0 Å². The van der Waals surface area contributed by atoms with Gasteiger partial charge in [0.1, 0.15) is 0 Å². The first-order valence-electron chi connectivity index (χ1n) is 7.95. The first-order chi connectivity index (χ1) is 10.3. The van der Waals surface area contributed by atoms with Crippen LogP contribution < -0.4 is 5.32 Å². The van der Waals surface area contributed by atoms with Gasteiger partial charge in [-0.05, 0) is 54.4 Å². The number of nitrogens with zero attached hydrogens (tertiary/aromatic N) is 1. The minimum absolute atomic E-state index is 0.114. The highest BCUT2D eigenvalue weighted by atomic mass is 32.1. The molecule has 2 bridgehead atoms. The van der Waals surface area contributed by atoms with Gasteiger partial charge in [0.2, 0.25) is 0 Å². The molecule has 0 aromatic heterocycles. The first-order valence-corrected chi connectivity index (χ1v) is 8.36. The number of likely N-dealkylation sites (tertiary alicyclic amines) is 1. The van der Waals surface area contributed by atoms with Crippen molar-refractivity contribution in [2.75, 3.05) is 6.54 Å². The van der Waals surface area contributed by atoms with E-state index < -0.39 is 0 Å². The number of benzene rings is 1. The van der Waals surface area contributed by atoms with E-state index in [1.165, 1.54) is 12.8 Å². The molecule has 3 nitrogen and oxygen atoms in total. The third-order valence-corrected chi connectivity index (χ3v) is 5.27. The zero-order chi connectivity index (χ0) is 16.0. The monoisotopic (exact) mass is 316 g/mol. The van der Waals surface area contributed by atoms with Gasteiger partial charge in [0.15, 0.2) is 5.11 Å². The quantitative estimate of drug-likeness (QED) is 0.804. The zero-order valence-corrected chi connectivity index (χ0v) is 14.4. The Hall–Kier alpha value is -1.42. The van der Waals surface area contributed by atoms with E-state index in [1.807, 2.05) is 30.3 Å². The molecule has 118 valence electrons. The van der Waals surface area contributed by atoms with Crippen molar-refractivity contribution in [1.29, 1.82) is 0 Å². The number of amides is 1. The molecule has 2 atom stereocenters. The van der Waals surface area contributed by atoms with Gasteiger partial charge < -0.3 is 4.90 Å². The molecule has 1 amide bonds. The lowest BCUT2D eigenvalue weighted by Crippen LogP contribution is -2.45. The van der Waals surface area contributed by atoms with Crippen LogP contribution >= 0.6 is 12.2 Å². The molecule has 0 radical (unpaired) electrons. The van der Waals surface area contributed by atoms with Crippen molar-refractivity contribution in [2.24, 2.45) is 10.8 Å².